The summed E-state index contributed by atoms with van der Waals surface area (Å²) < 4.78 is 2.51. The molecular weight excluding hydrogens is 394 g/mol. The minimum absolute atomic E-state index is 0.343. The van der Waals surface area contributed by atoms with Crippen LogP contribution in [0.4, 0.5) is 11.8 Å². The predicted octanol–water partition coefficient (Wildman–Crippen LogP) is 3.48. The molecule has 0 spiro atoms. The van der Waals surface area contributed by atoms with Gasteiger partial charge in [-0.15, -0.1) is 0 Å². The number of hydrogen-bond acceptors (Lipinski definition) is 6. The molecule has 0 aliphatic heterocycles. The van der Waals surface area contributed by atoms with Crippen molar-refractivity contribution < 1.29 is 0 Å². The third-order valence-corrected chi connectivity index (χ3v) is 4.54. The number of nitrogens with one attached hydrogen (secondary N) is 1. The number of halogens is 2. The van der Waals surface area contributed by atoms with E-state index in [0.717, 1.165) is 24.9 Å². The van der Waals surface area contributed by atoms with Crippen molar-refractivity contribution in [2.75, 3.05) is 17.6 Å². The molecule has 0 aliphatic rings. The van der Waals surface area contributed by atoms with Gasteiger partial charge in [0.15, 0.2) is 21.7 Å². The molecule has 9 heteroatoms. The van der Waals surface area contributed by atoms with Crippen LogP contribution in [-0.2, 0) is 6.54 Å². The first-order valence-corrected chi connectivity index (χ1v) is 8.78. The molecule has 3 aromatic rings. The van der Waals surface area contributed by atoms with Crippen LogP contribution in [-0.4, -0.2) is 31.0 Å². The van der Waals surface area contributed by atoms with Crippen LogP contribution in [0.3, 0.4) is 0 Å². The molecule has 126 valence electrons. The molecule has 0 amide bonds. The molecule has 3 rings (SSSR count). The average molecular weight is 411 g/mol. The summed E-state index contributed by atoms with van der Waals surface area (Å²) in [7, 11) is 0. The van der Waals surface area contributed by atoms with Crippen LogP contribution in [0, 0.1) is 0 Å². The number of nitrogen functional groups attached to an aromatic ring is 1. The molecule has 7 nitrogen and oxygen atoms in total. The van der Waals surface area contributed by atoms with Gasteiger partial charge in [0.25, 0.3) is 0 Å². The Morgan fingerprint density at radius 1 is 1.33 bits per heavy atom. The fraction of sp³-hybridized carbons (Fsp3) is 0.333. The van der Waals surface area contributed by atoms with Crippen LogP contribution in [0.25, 0.3) is 11.2 Å². The second kappa shape index (κ2) is 7.31. The summed E-state index contributed by atoms with van der Waals surface area (Å²) in [6.07, 6.45) is 5.51. The van der Waals surface area contributed by atoms with Gasteiger partial charge in [-0.25, -0.2) is 4.98 Å². The minimum atomic E-state index is 0.343. The average Bonchev–Trinajstić information content (AvgIpc) is 2.87. The van der Waals surface area contributed by atoms with Crippen molar-refractivity contribution >= 4 is 50.5 Å². The van der Waals surface area contributed by atoms with Gasteiger partial charge in [0, 0.05) is 29.5 Å². The number of rotatable bonds is 6. The summed E-state index contributed by atoms with van der Waals surface area (Å²) in [5.74, 6) is 0.843. The highest BCUT2D eigenvalue weighted by atomic mass is 79.9. The van der Waals surface area contributed by atoms with Crippen LogP contribution < -0.4 is 11.1 Å². The van der Waals surface area contributed by atoms with Crippen LogP contribution in [0.5, 0.6) is 0 Å². The van der Waals surface area contributed by atoms with Crippen LogP contribution in [0.1, 0.15) is 25.3 Å². The first-order chi connectivity index (χ1) is 11.6. The number of pyridine rings is 1. The number of anilines is 2. The third-order valence-electron chi connectivity index (χ3n) is 3.56. The van der Waals surface area contributed by atoms with Gasteiger partial charge in [0.1, 0.15) is 0 Å². The Morgan fingerprint density at radius 2 is 2.17 bits per heavy atom. The summed E-state index contributed by atoms with van der Waals surface area (Å²) in [5.41, 5.74) is 8.12. The summed E-state index contributed by atoms with van der Waals surface area (Å²) in [4.78, 5) is 17.4. The molecule has 0 radical (unpaired) electrons. The van der Waals surface area contributed by atoms with E-state index >= 15 is 0 Å². The zero-order valence-electron chi connectivity index (χ0n) is 13.1. The maximum absolute atomic E-state index is 6.23. The number of aromatic nitrogens is 5. The molecule has 3 heterocycles. The molecule has 0 aliphatic carbocycles. The standard InChI is InChI=1S/C15H17BrClN7/c1-2-3-5-20-15-22-12(18)11-13(23-15)24(14(16)21-11)8-9-7-19-6-4-10(9)17/h4,6-7H,2-3,5,8H2,1H3,(H3,18,20,22,23). The van der Waals surface area contributed by atoms with E-state index in [1.807, 2.05) is 4.57 Å². The Bertz CT molecular complexity index is 864. The molecule has 0 atom stereocenters. The van der Waals surface area contributed by atoms with E-state index in [4.69, 9.17) is 17.3 Å². The SMILES string of the molecule is CCCCNc1nc(N)c2nc(Br)n(Cc3cnccc3Cl)c2n1. The number of nitrogens with zero attached hydrogens (tertiary/aromatic N) is 5. The van der Waals surface area contributed by atoms with Crippen molar-refractivity contribution in [1.82, 2.24) is 24.5 Å². The third kappa shape index (κ3) is 3.44. The van der Waals surface area contributed by atoms with Crippen LogP contribution >= 0.6 is 27.5 Å². The van der Waals surface area contributed by atoms with E-state index in [-0.39, 0.29) is 0 Å². The topological polar surface area (TPSA) is 94.5 Å². The molecule has 24 heavy (non-hydrogen) atoms. The largest absolute Gasteiger partial charge is 0.382 e. The number of nitrogens with two attached hydrogens (primary N) is 1. The van der Waals surface area contributed by atoms with Gasteiger partial charge in [-0.3, -0.25) is 9.55 Å². The quantitative estimate of drug-likeness (QED) is 0.477. The van der Waals surface area contributed by atoms with Crippen molar-refractivity contribution in [3.05, 3.63) is 33.8 Å². The van der Waals surface area contributed by atoms with E-state index in [1.165, 1.54) is 0 Å². The minimum Gasteiger partial charge on any atom is -0.382 e. The van der Waals surface area contributed by atoms with Gasteiger partial charge >= 0.3 is 0 Å². The molecular formula is C15H17BrClN7. The molecule has 0 saturated carbocycles. The summed E-state index contributed by atoms with van der Waals surface area (Å²) >= 11 is 9.69. The van der Waals surface area contributed by atoms with Gasteiger partial charge in [0.2, 0.25) is 5.95 Å². The Balaban J connectivity index is 2.00. The van der Waals surface area contributed by atoms with Gasteiger partial charge in [-0.2, -0.15) is 9.97 Å². The lowest BCUT2D eigenvalue weighted by atomic mass is 10.3. The molecule has 0 saturated heterocycles. The molecule has 0 unspecified atom stereocenters. The monoisotopic (exact) mass is 409 g/mol. The van der Waals surface area contributed by atoms with Crippen molar-refractivity contribution in [3.63, 3.8) is 0 Å². The number of unbranched alkanes of at least 4 members (excludes halogenated alkanes) is 1. The van der Waals surface area contributed by atoms with E-state index < -0.39 is 0 Å². The van der Waals surface area contributed by atoms with Crippen molar-refractivity contribution in [3.8, 4) is 0 Å². The zero-order valence-corrected chi connectivity index (χ0v) is 15.5. The Labute approximate surface area is 152 Å². The van der Waals surface area contributed by atoms with Crippen molar-refractivity contribution in [1.29, 1.82) is 0 Å². The first kappa shape index (κ1) is 16.9. The highest BCUT2D eigenvalue weighted by molar-refractivity contribution is 9.10. The fourth-order valence-corrected chi connectivity index (χ4v) is 2.92. The van der Waals surface area contributed by atoms with Crippen molar-refractivity contribution in [2.24, 2.45) is 0 Å². The Hall–Kier alpha value is -1.93. The van der Waals surface area contributed by atoms with Gasteiger partial charge in [0.05, 0.1) is 6.54 Å². The summed E-state index contributed by atoms with van der Waals surface area (Å²) in [5, 5.41) is 3.83. The second-order valence-corrected chi connectivity index (χ2v) is 6.44. The van der Waals surface area contributed by atoms with E-state index in [1.54, 1.807) is 18.5 Å². The van der Waals surface area contributed by atoms with Gasteiger partial charge in [-0.1, -0.05) is 24.9 Å². The number of imidazole rings is 1. The van der Waals surface area contributed by atoms with E-state index in [2.05, 4.69) is 48.1 Å². The molecule has 0 bridgehead atoms. The van der Waals surface area contributed by atoms with Crippen LogP contribution in [0.15, 0.2) is 23.2 Å². The number of hydrogen-bond donors (Lipinski definition) is 2. The van der Waals surface area contributed by atoms with Crippen LogP contribution in [0.2, 0.25) is 5.02 Å². The molecule has 0 fully saturated rings. The highest BCUT2D eigenvalue weighted by Gasteiger charge is 2.16. The highest BCUT2D eigenvalue weighted by Crippen LogP contribution is 2.26. The fourth-order valence-electron chi connectivity index (χ4n) is 2.29. The van der Waals surface area contributed by atoms with Gasteiger partial charge in [-0.05, 0) is 28.4 Å². The molecule has 0 aromatic carbocycles. The lowest BCUT2D eigenvalue weighted by molar-refractivity contribution is 0.785. The van der Waals surface area contributed by atoms with E-state index in [0.29, 0.717) is 39.2 Å². The van der Waals surface area contributed by atoms with Gasteiger partial charge < -0.3 is 11.1 Å². The number of fused-ring (bicyclic) bond motifs is 1. The Morgan fingerprint density at radius 3 is 2.92 bits per heavy atom. The van der Waals surface area contributed by atoms with Crippen molar-refractivity contribution in [2.45, 2.75) is 26.3 Å². The smallest absolute Gasteiger partial charge is 0.226 e. The summed E-state index contributed by atoms with van der Waals surface area (Å²) in [6, 6.07) is 1.75. The first-order valence-electron chi connectivity index (χ1n) is 7.61. The second-order valence-electron chi connectivity index (χ2n) is 5.32. The zero-order chi connectivity index (χ0) is 17.1. The normalized spacial score (nSPS) is 11.1. The van der Waals surface area contributed by atoms with E-state index in [9.17, 15) is 0 Å². The predicted molar refractivity (Wildman–Crippen MR) is 99.2 cm³/mol. The lowest BCUT2D eigenvalue weighted by Gasteiger charge is -2.09. The lowest BCUT2D eigenvalue weighted by Crippen LogP contribution is -2.09. The maximum Gasteiger partial charge on any atom is 0.226 e. The summed E-state index contributed by atoms with van der Waals surface area (Å²) in [6.45, 7) is 3.41. The maximum atomic E-state index is 6.23. The Kier molecular flexibility index (Phi) is 5.15. The molecule has 3 aromatic heterocycles. The molecule has 3 N–H and O–H groups in total.